The van der Waals surface area contributed by atoms with Crippen molar-refractivity contribution in [1.29, 1.82) is 0 Å². The molecule has 2 rings (SSSR count). The van der Waals surface area contributed by atoms with E-state index in [2.05, 4.69) is 19.4 Å². The second-order valence-corrected chi connectivity index (χ2v) is 5.58. The topological polar surface area (TPSA) is 55.2 Å². The van der Waals surface area contributed by atoms with Crippen molar-refractivity contribution in [2.45, 2.75) is 18.9 Å². The molecule has 1 N–H and O–H groups in total. The fraction of sp³-hybridized carbons (Fsp3) is 0.538. The molecule has 19 heavy (non-hydrogen) atoms. The van der Waals surface area contributed by atoms with Crippen LogP contribution in [-0.4, -0.2) is 42.6 Å². The fourth-order valence-corrected chi connectivity index (χ4v) is 2.39. The summed E-state index contributed by atoms with van der Waals surface area (Å²) in [4.78, 5) is 10.6. The lowest BCUT2D eigenvalue weighted by molar-refractivity contribution is -0.895. The van der Waals surface area contributed by atoms with E-state index >= 15 is 0 Å². The van der Waals surface area contributed by atoms with Gasteiger partial charge in [0.1, 0.15) is 5.69 Å². The van der Waals surface area contributed by atoms with Gasteiger partial charge < -0.3 is 33.8 Å². The fourth-order valence-electron chi connectivity index (χ4n) is 2.39. The number of anilines is 1. The van der Waals surface area contributed by atoms with Crippen LogP contribution in [0, 0.1) is 10.1 Å². The second-order valence-electron chi connectivity index (χ2n) is 5.58. The van der Waals surface area contributed by atoms with Crippen molar-refractivity contribution in [3.05, 3.63) is 34.4 Å². The summed E-state index contributed by atoms with van der Waals surface area (Å²) < 4.78 is 1.04. The van der Waals surface area contributed by atoms with Crippen molar-refractivity contribution in [2.75, 3.05) is 32.5 Å². The van der Waals surface area contributed by atoms with Crippen molar-refractivity contribution in [1.82, 2.24) is 0 Å². The molecule has 106 valence electrons. The van der Waals surface area contributed by atoms with Gasteiger partial charge in [0.05, 0.1) is 32.1 Å². The summed E-state index contributed by atoms with van der Waals surface area (Å²) in [6, 6.07) is 7.21. The van der Waals surface area contributed by atoms with E-state index in [1.165, 1.54) is 0 Å². The molecule has 0 atom stereocenters. The molecule has 0 aliphatic carbocycles. The number of likely N-dealkylation sites (tertiary alicyclic amines) is 1. The maximum absolute atomic E-state index is 10.9. The lowest BCUT2D eigenvalue weighted by atomic mass is 10.0. The maximum atomic E-state index is 10.9. The SMILES string of the molecule is C[N+]1(C)CCC(Nc2ccccc2[N+](=O)[O-])CC1.[I-]. The molecule has 1 heterocycles. The normalized spacial score (nSPS) is 18.4. The molecule has 0 spiro atoms. The number of hydrogen-bond donors (Lipinski definition) is 1. The molecular weight excluding hydrogens is 357 g/mol. The monoisotopic (exact) mass is 377 g/mol. The molecule has 0 unspecified atom stereocenters. The molecule has 1 aromatic carbocycles. The zero-order valence-corrected chi connectivity index (χ0v) is 13.5. The summed E-state index contributed by atoms with van der Waals surface area (Å²) in [6.07, 6.45) is 2.11. The molecule has 0 radical (unpaired) electrons. The highest BCUT2D eigenvalue weighted by molar-refractivity contribution is 5.61. The van der Waals surface area contributed by atoms with E-state index in [1.54, 1.807) is 18.2 Å². The first-order valence-electron chi connectivity index (χ1n) is 6.30. The molecule has 1 saturated heterocycles. The predicted octanol–water partition coefficient (Wildman–Crippen LogP) is -0.750. The summed E-state index contributed by atoms with van der Waals surface area (Å²) in [5.41, 5.74) is 0.802. The van der Waals surface area contributed by atoms with E-state index in [-0.39, 0.29) is 34.6 Å². The molecule has 1 fully saturated rings. The van der Waals surface area contributed by atoms with Crippen molar-refractivity contribution in [2.24, 2.45) is 0 Å². The zero-order chi connectivity index (χ0) is 13.2. The van der Waals surface area contributed by atoms with E-state index in [0.29, 0.717) is 11.7 Å². The van der Waals surface area contributed by atoms with Crippen molar-refractivity contribution < 1.29 is 33.4 Å². The summed E-state index contributed by atoms with van der Waals surface area (Å²) in [5.74, 6) is 0. The van der Waals surface area contributed by atoms with Gasteiger partial charge in [0.15, 0.2) is 0 Å². The Morgan fingerprint density at radius 3 is 2.42 bits per heavy atom. The van der Waals surface area contributed by atoms with Crippen LogP contribution in [-0.2, 0) is 0 Å². The van der Waals surface area contributed by atoms with E-state index in [0.717, 1.165) is 30.4 Å². The van der Waals surface area contributed by atoms with Crippen LogP contribution in [0.2, 0.25) is 0 Å². The molecule has 0 amide bonds. The van der Waals surface area contributed by atoms with Crippen LogP contribution in [0.5, 0.6) is 0 Å². The quantitative estimate of drug-likeness (QED) is 0.327. The van der Waals surface area contributed by atoms with E-state index in [4.69, 9.17) is 0 Å². The second kappa shape index (κ2) is 6.51. The highest BCUT2D eigenvalue weighted by Crippen LogP contribution is 2.26. The number of rotatable bonds is 3. The number of para-hydroxylation sites is 2. The van der Waals surface area contributed by atoms with Gasteiger partial charge in [-0.05, 0) is 6.07 Å². The Hall–Kier alpha value is -0.890. The Morgan fingerprint density at radius 1 is 1.26 bits per heavy atom. The summed E-state index contributed by atoms with van der Waals surface area (Å²) in [5, 5.41) is 14.2. The van der Waals surface area contributed by atoms with Crippen LogP contribution in [0.25, 0.3) is 0 Å². The highest BCUT2D eigenvalue weighted by Gasteiger charge is 2.27. The van der Waals surface area contributed by atoms with Crippen LogP contribution in [0.4, 0.5) is 11.4 Å². The van der Waals surface area contributed by atoms with Crippen LogP contribution in [0.15, 0.2) is 24.3 Å². The van der Waals surface area contributed by atoms with Gasteiger partial charge in [-0.3, -0.25) is 10.1 Å². The number of halogens is 1. The largest absolute Gasteiger partial charge is 1.00 e. The third kappa shape index (κ3) is 4.31. The number of hydrogen-bond acceptors (Lipinski definition) is 3. The molecule has 0 bridgehead atoms. The molecule has 1 aliphatic heterocycles. The van der Waals surface area contributed by atoms with Crippen molar-refractivity contribution in [3.63, 3.8) is 0 Å². The highest BCUT2D eigenvalue weighted by atomic mass is 127. The third-order valence-electron chi connectivity index (χ3n) is 3.63. The summed E-state index contributed by atoms with van der Waals surface area (Å²) >= 11 is 0. The van der Waals surface area contributed by atoms with Gasteiger partial charge in [-0.15, -0.1) is 0 Å². The van der Waals surface area contributed by atoms with E-state index < -0.39 is 0 Å². The smallest absolute Gasteiger partial charge is 0.292 e. The molecular formula is C13H20IN3O2. The number of benzene rings is 1. The third-order valence-corrected chi connectivity index (χ3v) is 3.63. The predicted molar refractivity (Wildman–Crippen MR) is 71.6 cm³/mol. The number of nitrogens with one attached hydrogen (secondary N) is 1. The number of nitro groups is 1. The first-order valence-corrected chi connectivity index (χ1v) is 6.30. The number of piperidine rings is 1. The first kappa shape index (κ1) is 16.2. The summed E-state index contributed by atoms with van der Waals surface area (Å²) in [7, 11) is 4.45. The molecule has 1 aliphatic rings. The minimum absolute atomic E-state index is 0. The molecule has 5 nitrogen and oxygen atoms in total. The summed E-state index contributed by atoms with van der Waals surface area (Å²) in [6.45, 7) is 2.22. The standard InChI is InChI=1S/C13H20N3O2.HI/c1-16(2)9-7-11(8-10-16)14-12-5-3-4-6-13(12)15(17)18;/h3-6,11,14H,7-10H2,1-2H3;1H/q+1;/p-1. The first-order chi connectivity index (χ1) is 8.48. The Bertz CT molecular complexity index is 441. The Kier molecular flexibility index (Phi) is 5.54. The van der Waals surface area contributed by atoms with Crippen LogP contribution < -0.4 is 29.3 Å². The van der Waals surface area contributed by atoms with Gasteiger partial charge in [-0.2, -0.15) is 0 Å². The van der Waals surface area contributed by atoms with E-state index in [9.17, 15) is 10.1 Å². The number of quaternary nitrogens is 1. The minimum Gasteiger partial charge on any atom is -1.00 e. The zero-order valence-electron chi connectivity index (χ0n) is 11.3. The Morgan fingerprint density at radius 2 is 1.84 bits per heavy atom. The van der Waals surface area contributed by atoms with Gasteiger partial charge in [-0.1, -0.05) is 12.1 Å². The molecule has 6 heteroatoms. The number of nitro benzene ring substituents is 1. The lowest BCUT2D eigenvalue weighted by Gasteiger charge is -2.37. The molecule has 0 aromatic heterocycles. The van der Waals surface area contributed by atoms with Gasteiger partial charge in [0.2, 0.25) is 0 Å². The maximum Gasteiger partial charge on any atom is 0.292 e. The Balaban J connectivity index is 0.00000180. The molecule has 0 saturated carbocycles. The van der Waals surface area contributed by atoms with Gasteiger partial charge >= 0.3 is 0 Å². The average Bonchev–Trinajstić information content (AvgIpc) is 2.32. The molecule has 1 aromatic rings. The van der Waals surface area contributed by atoms with Crippen LogP contribution >= 0.6 is 0 Å². The van der Waals surface area contributed by atoms with Gasteiger partial charge in [0, 0.05) is 24.9 Å². The van der Waals surface area contributed by atoms with Crippen LogP contribution in [0.1, 0.15) is 12.8 Å². The minimum atomic E-state index is -0.328. The van der Waals surface area contributed by atoms with Crippen molar-refractivity contribution in [3.8, 4) is 0 Å². The van der Waals surface area contributed by atoms with Gasteiger partial charge in [-0.25, -0.2) is 0 Å². The van der Waals surface area contributed by atoms with Crippen LogP contribution in [0.3, 0.4) is 0 Å². The van der Waals surface area contributed by atoms with Gasteiger partial charge in [0.25, 0.3) is 5.69 Å². The lowest BCUT2D eigenvalue weighted by Crippen LogP contribution is -3.00. The Labute approximate surface area is 130 Å². The average molecular weight is 377 g/mol. The number of nitrogens with zero attached hydrogens (tertiary/aromatic N) is 2. The van der Waals surface area contributed by atoms with Crippen molar-refractivity contribution >= 4 is 11.4 Å². The van der Waals surface area contributed by atoms with E-state index in [1.807, 2.05) is 6.07 Å².